The first-order chi connectivity index (χ1) is 12.2. The van der Waals surface area contributed by atoms with Gasteiger partial charge >= 0.3 is 0 Å². The lowest BCUT2D eigenvalue weighted by Gasteiger charge is -2.20. The number of aliphatic hydroxyl groups is 1. The lowest BCUT2D eigenvalue weighted by molar-refractivity contribution is 0.0778. The summed E-state index contributed by atoms with van der Waals surface area (Å²) >= 11 is 1.57. The molecule has 128 valence electrons. The van der Waals surface area contributed by atoms with Crippen LogP contribution in [0.15, 0.2) is 72.4 Å². The summed E-state index contributed by atoms with van der Waals surface area (Å²) in [5, 5.41) is 17.8. The monoisotopic (exact) mass is 352 g/mol. The molecule has 4 nitrogen and oxygen atoms in total. The lowest BCUT2D eigenvalue weighted by atomic mass is 9.87. The number of aliphatic hydroxyl groups excluding tert-OH is 1. The van der Waals surface area contributed by atoms with E-state index in [2.05, 4.69) is 5.10 Å². The maximum atomic E-state index is 13.0. The van der Waals surface area contributed by atoms with Gasteiger partial charge in [0, 0.05) is 18.0 Å². The maximum Gasteiger partial charge on any atom is 0.169 e. The molecule has 2 heterocycles. The molecule has 25 heavy (non-hydrogen) atoms. The Morgan fingerprint density at radius 2 is 2.08 bits per heavy atom. The van der Waals surface area contributed by atoms with Crippen molar-refractivity contribution in [3.63, 3.8) is 0 Å². The molecule has 3 aromatic rings. The summed E-state index contributed by atoms with van der Waals surface area (Å²) in [6.07, 6.45) is 6.68. The Morgan fingerprint density at radius 3 is 2.76 bits per heavy atom. The van der Waals surface area contributed by atoms with Crippen molar-refractivity contribution < 1.29 is 9.90 Å². The molecular weight excluding hydrogens is 332 g/mol. The third-order valence-corrected chi connectivity index (χ3v) is 5.02. The van der Waals surface area contributed by atoms with Gasteiger partial charge in [-0.3, -0.25) is 4.79 Å². The van der Waals surface area contributed by atoms with Crippen LogP contribution in [0.25, 0.3) is 5.00 Å². The Morgan fingerprint density at radius 1 is 1.28 bits per heavy atom. The SMILES string of the molecule is C/C=C/[C@H](O)[C@@H](Cc1ccsc1-n1cccn1)C(=O)c1ccccc1. The minimum atomic E-state index is -0.830. The van der Waals surface area contributed by atoms with Crippen molar-refractivity contribution in [3.8, 4) is 5.00 Å². The van der Waals surface area contributed by atoms with Crippen molar-refractivity contribution in [1.29, 1.82) is 0 Å². The average molecular weight is 352 g/mol. The topological polar surface area (TPSA) is 55.1 Å². The minimum absolute atomic E-state index is 0.0520. The fourth-order valence-electron chi connectivity index (χ4n) is 2.83. The number of carbonyl (C=O) groups excluding carboxylic acids is 1. The zero-order chi connectivity index (χ0) is 17.6. The number of nitrogens with zero attached hydrogens (tertiary/aromatic N) is 2. The number of hydrogen-bond acceptors (Lipinski definition) is 4. The maximum absolute atomic E-state index is 13.0. The van der Waals surface area contributed by atoms with E-state index in [0.29, 0.717) is 12.0 Å². The highest BCUT2D eigenvalue weighted by Crippen LogP contribution is 2.27. The first-order valence-corrected chi connectivity index (χ1v) is 9.05. The first-order valence-electron chi connectivity index (χ1n) is 8.17. The van der Waals surface area contributed by atoms with Crippen LogP contribution in [0.4, 0.5) is 0 Å². The molecule has 0 aliphatic rings. The number of hydrogen-bond donors (Lipinski definition) is 1. The molecule has 2 atom stereocenters. The number of Topliss-reactive ketones (excluding diaryl/α,β-unsaturated/α-hetero) is 1. The second-order valence-electron chi connectivity index (χ2n) is 5.76. The van der Waals surface area contributed by atoms with Crippen LogP contribution in [0.2, 0.25) is 0 Å². The molecule has 0 bridgehead atoms. The molecule has 0 saturated carbocycles. The fraction of sp³-hybridized carbons (Fsp3) is 0.200. The summed E-state index contributed by atoms with van der Waals surface area (Å²) in [6.45, 7) is 1.84. The van der Waals surface area contributed by atoms with Gasteiger partial charge in [0.05, 0.1) is 12.0 Å². The molecule has 0 amide bonds. The Bertz CT molecular complexity index is 838. The summed E-state index contributed by atoms with van der Waals surface area (Å²) in [5.41, 5.74) is 1.62. The van der Waals surface area contributed by atoms with Crippen LogP contribution in [0.1, 0.15) is 22.8 Å². The summed E-state index contributed by atoms with van der Waals surface area (Å²) in [5.74, 6) is -0.591. The molecule has 1 aromatic carbocycles. The van der Waals surface area contributed by atoms with Crippen molar-refractivity contribution in [2.75, 3.05) is 0 Å². The van der Waals surface area contributed by atoms with Crippen LogP contribution in [0, 0.1) is 5.92 Å². The number of allylic oxidation sites excluding steroid dienone is 1. The molecule has 0 aliphatic heterocycles. The number of aromatic nitrogens is 2. The number of thiophene rings is 1. The number of benzene rings is 1. The second-order valence-corrected chi connectivity index (χ2v) is 6.65. The van der Waals surface area contributed by atoms with Gasteiger partial charge in [0.25, 0.3) is 0 Å². The van der Waals surface area contributed by atoms with E-state index in [4.69, 9.17) is 0 Å². The molecule has 0 spiro atoms. The average Bonchev–Trinajstić information content (AvgIpc) is 3.31. The van der Waals surface area contributed by atoms with E-state index in [-0.39, 0.29) is 5.78 Å². The fourth-order valence-corrected chi connectivity index (χ4v) is 3.71. The van der Waals surface area contributed by atoms with Gasteiger partial charge in [-0.1, -0.05) is 42.5 Å². The predicted octanol–water partition coefficient (Wildman–Crippen LogP) is 3.91. The van der Waals surface area contributed by atoms with E-state index in [1.165, 1.54) is 0 Å². The summed E-state index contributed by atoms with van der Waals surface area (Å²) in [4.78, 5) is 13.0. The van der Waals surface area contributed by atoms with Gasteiger partial charge in [-0.25, -0.2) is 4.68 Å². The molecular formula is C20H20N2O2S. The highest BCUT2D eigenvalue weighted by molar-refractivity contribution is 7.12. The van der Waals surface area contributed by atoms with Crippen molar-refractivity contribution in [2.24, 2.45) is 5.92 Å². The molecule has 3 rings (SSSR count). The van der Waals surface area contributed by atoms with Crippen molar-refractivity contribution in [2.45, 2.75) is 19.4 Å². The Labute approximate surface area is 151 Å². The normalized spacial score (nSPS) is 13.8. The highest BCUT2D eigenvalue weighted by atomic mass is 32.1. The Kier molecular flexibility index (Phi) is 5.58. The van der Waals surface area contributed by atoms with E-state index in [9.17, 15) is 9.90 Å². The number of carbonyl (C=O) groups is 1. The molecule has 0 unspecified atom stereocenters. The molecule has 1 N–H and O–H groups in total. The number of rotatable bonds is 7. The largest absolute Gasteiger partial charge is 0.388 e. The van der Waals surface area contributed by atoms with Crippen LogP contribution in [-0.4, -0.2) is 26.8 Å². The van der Waals surface area contributed by atoms with E-state index in [0.717, 1.165) is 10.6 Å². The van der Waals surface area contributed by atoms with E-state index in [1.54, 1.807) is 46.5 Å². The van der Waals surface area contributed by atoms with E-state index < -0.39 is 12.0 Å². The third kappa shape index (κ3) is 3.95. The molecule has 0 fully saturated rings. The van der Waals surface area contributed by atoms with Gasteiger partial charge in [0.1, 0.15) is 5.00 Å². The van der Waals surface area contributed by atoms with E-state index in [1.807, 2.05) is 48.8 Å². The van der Waals surface area contributed by atoms with Gasteiger partial charge < -0.3 is 5.11 Å². The second kappa shape index (κ2) is 8.05. The Balaban J connectivity index is 1.91. The van der Waals surface area contributed by atoms with Gasteiger partial charge in [0.15, 0.2) is 5.78 Å². The summed E-state index contributed by atoms with van der Waals surface area (Å²) in [6, 6.07) is 13.0. The standard InChI is InChI=1S/C20H20N2O2S/c1-2-7-18(23)17(19(24)15-8-4-3-5-9-15)14-16-10-13-25-20(16)22-12-6-11-21-22/h2-13,17-18,23H,14H2,1H3/b7-2+/t17-,18+/m1/s1. The zero-order valence-corrected chi connectivity index (χ0v) is 14.8. The molecule has 2 aromatic heterocycles. The minimum Gasteiger partial charge on any atom is -0.388 e. The molecule has 0 aliphatic carbocycles. The van der Waals surface area contributed by atoms with E-state index >= 15 is 0 Å². The van der Waals surface area contributed by atoms with Crippen LogP contribution >= 0.6 is 11.3 Å². The van der Waals surface area contributed by atoms with Crippen molar-refractivity contribution >= 4 is 17.1 Å². The smallest absolute Gasteiger partial charge is 0.169 e. The van der Waals surface area contributed by atoms with Gasteiger partial charge in [-0.2, -0.15) is 5.10 Å². The van der Waals surface area contributed by atoms with Gasteiger partial charge in [-0.05, 0) is 36.4 Å². The van der Waals surface area contributed by atoms with Crippen LogP contribution < -0.4 is 0 Å². The van der Waals surface area contributed by atoms with Gasteiger partial charge in [-0.15, -0.1) is 11.3 Å². The third-order valence-electron chi connectivity index (χ3n) is 4.07. The lowest BCUT2D eigenvalue weighted by Crippen LogP contribution is -2.29. The molecule has 5 heteroatoms. The number of ketones is 1. The Hall–Kier alpha value is -2.50. The highest BCUT2D eigenvalue weighted by Gasteiger charge is 2.27. The summed E-state index contributed by atoms with van der Waals surface area (Å²) in [7, 11) is 0. The van der Waals surface area contributed by atoms with Crippen LogP contribution in [-0.2, 0) is 6.42 Å². The predicted molar refractivity (Wildman–Crippen MR) is 100 cm³/mol. The van der Waals surface area contributed by atoms with Crippen LogP contribution in [0.5, 0.6) is 0 Å². The van der Waals surface area contributed by atoms with Crippen LogP contribution in [0.3, 0.4) is 0 Å². The first kappa shape index (κ1) is 17.3. The molecule has 0 saturated heterocycles. The van der Waals surface area contributed by atoms with Crippen molar-refractivity contribution in [1.82, 2.24) is 9.78 Å². The zero-order valence-electron chi connectivity index (χ0n) is 13.9. The van der Waals surface area contributed by atoms with Gasteiger partial charge in [0.2, 0.25) is 0 Å². The molecule has 0 radical (unpaired) electrons. The van der Waals surface area contributed by atoms with Crippen molar-refractivity contribution in [3.05, 3.63) is 83.5 Å². The summed E-state index contributed by atoms with van der Waals surface area (Å²) < 4.78 is 1.80. The quantitative estimate of drug-likeness (QED) is 0.518.